The Morgan fingerprint density at radius 3 is 2.45 bits per heavy atom. The van der Waals surface area contributed by atoms with Crippen LogP contribution in [-0.4, -0.2) is 37.7 Å². The zero-order valence-corrected chi connectivity index (χ0v) is 12.6. The molecule has 0 aliphatic rings. The van der Waals surface area contributed by atoms with Crippen molar-refractivity contribution >= 4 is 18.4 Å². The fourth-order valence-corrected chi connectivity index (χ4v) is 1.77. The Morgan fingerprint density at radius 1 is 1.18 bits per heavy atom. The minimum atomic E-state index is -1.13. The number of benzene rings is 1. The summed E-state index contributed by atoms with van der Waals surface area (Å²) in [5, 5.41) is 0. The second-order valence-electron chi connectivity index (χ2n) is 4.76. The normalized spacial score (nSPS) is 12.8. The Labute approximate surface area is 129 Å². The number of ether oxygens (including phenoxy) is 3. The third kappa shape index (κ3) is 6.39. The minimum absolute atomic E-state index is 0.0134. The average Bonchev–Trinajstić information content (AvgIpc) is 2.52. The summed E-state index contributed by atoms with van der Waals surface area (Å²) in [5.74, 6) is -1.14. The summed E-state index contributed by atoms with van der Waals surface area (Å²) in [6.45, 7) is 4.51. The van der Waals surface area contributed by atoms with E-state index in [0.29, 0.717) is 0 Å². The lowest BCUT2D eigenvalue weighted by Gasteiger charge is -2.16. The van der Waals surface area contributed by atoms with Crippen molar-refractivity contribution in [1.82, 2.24) is 0 Å². The Morgan fingerprint density at radius 2 is 1.86 bits per heavy atom. The summed E-state index contributed by atoms with van der Waals surface area (Å²) in [4.78, 5) is 32.9. The second kappa shape index (κ2) is 9.55. The van der Waals surface area contributed by atoms with Crippen LogP contribution in [0.3, 0.4) is 0 Å². The third-order valence-electron chi connectivity index (χ3n) is 2.98. The molecular weight excluding hydrogens is 288 g/mol. The van der Waals surface area contributed by atoms with Gasteiger partial charge in [-0.25, -0.2) is 9.59 Å². The van der Waals surface area contributed by atoms with Gasteiger partial charge in [0.2, 0.25) is 6.10 Å². The van der Waals surface area contributed by atoms with Crippen molar-refractivity contribution in [3.8, 4) is 0 Å². The molecule has 0 N–H and O–H groups in total. The standard InChI is InChI=1S/C16H19O6/c1-12(14-6-4-3-5-7-14)10-21-16(19)15(22-11-17)8-9-20-13(2)18/h3-7,12,15H,8-10H2,1-2H3. The van der Waals surface area contributed by atoms with Crippen molar-refractivity contribution in [2.24, 2.45) is 0 Å². The van der Waals surface area contributed by atoms with Gasteiger partial charge in [-0.05, 0) is 5.56 Å². The Kier molecular flexibility index (Phi) is 7.67. The summed E-state index contributed by atoms with van der Waals surface area (Å²) in [7, 11) is 0. The van der Waals surface area contributed by atoms with Crippen LogP contribution in [0.1, 0.15) is 31.7 Å². The van der Waals surface area contributed by atoms with Gasteiger partial charge in [0.25, 0.3) is 0 Å². The van der Waals surface area contributed by atoms with Gasteiger partial charge in [-0.1, -0.05) is 37.3 Å². The van der Waals surface area contributed by atoms with E-state index in [1.165, 1.54) is 13.4 Å². The van der Waals surface area contributed by atoms with Crippen LogP contribution in [0.2, 0.25) is 0 Å². The summed E-state index contributed by atoms with van der Waals surface area (Å²) < 4.78 is 14.4. The largest absolute Gasteiger partial charge is 0.466 e. The molecular formula is C16H19O6. The van der Waals surface area contributed by atoms with Gasteiger partial charge >= 0.3 is 18.4 Å². The van der Waals surface area contributed by atoms with Crippen molar-refractivity contribution in [2.75, 3.05) is 13.2 Å². The number of carbonyl (C=O) groups is 2. The van der Waals surface area contributed by atoms with Gasteiger partial charge in [-0.15, -0.1) is 0 Å². The van der Waals surface area contributed by atoms with Crippen LogP contribution in [0.5, 0.6) is 0 Å². The van der Waals surface area contributed by atoms with Crippen molar-refractivity contribution < 1.29 is 28.6 Å². The highest BCUT2D eigenvalue weighted by Gasteiger charge is 2.23. The highest BCUT2D eigenvalue weighted by molar-refractivity contribution is 5.76. The van der Waals surface area contributed by atoms with Gasteiger partial charge < -0.3 is 14.2 Å². The van der Waals surface area contributed by atoms with E-state index in [4.69, 9.17) is 9.47 Å². The maximum Gasteiger partial charge on any atom is 0.418 e. The number of hydrogen-bond donors (Lipinski definition) is 0. The van der Waals surface area contributed by atoms with Crippen LogP contribution in [0.4, 0.5) is 0 Å². The molecule has 22 heavy (non-hydrogen) atoms. The molecule has 0 heterocycles. The highest BCUT2D eigenvalue weighted by atomic mass is 16.6. The Balaban J connectivity index is 2.45. The molecule has 0 amide bonds. The number of rotatable bonds is 9. The molecule has 0 saturated heterocycles. The first-order valence-corrected chi connectivity index (χ1v) is 6.92. The lowest BCUT2D eigenvalue weighted by atomic mass is 10.0. The molecule has 6 heteroatoms. The minimum Gasteiger partial charge on any atom is -0.466 e. The lowest BCUT2D eigenvalue weighted by Crippen LogP contribution is -2.29. The predicted octanol–water partition coefficient (Wildman–Crippen LogP) is 1.74. The molecule has 6 nitrogen and oxygen atoms in total. The lowest BCUT2D eigenvalue weighted by molar-refractivity contribution is -0.155. The number of esters is 2. The maximum atomic E-state index is 11.9. The molecule has 0 aliphatic heterocycles. The molecule has 0 saturated carbocycles. The van der Waals surface area contributed by atoms with Crippen molar-refractivity contribution in [3.05, 3.63) is 35.9 Å². The van der Waals surface area contributed by atoms with E-state index in [-0.39, 0.29) is 25.6 Å². The fraction of sp³-hybridized carbons (Fsp3) is 0.438. The number of carbonyl (C=O) groups excluding carboxylic acids is 3. The zero-order valence-electron chi connectivity index (χ0n) is 12.6. The van der Waals surface area contributed by atoms with E-state index in [9.17, 15) is 14.4 Å². The summed E-state index contributed by atoms with van der Waals surface area (Å²) in [5.41, 5.74) is 1.04. The van der Waals surface area contributed by atoms with Gasteiger partial charge in [-0.3, -0.25) is 4.79 Å². The summed E-state index contributed by atoms with van der Waals surface area (Å²) >= 11 is 0. The smallest absolute Gasteiger partial charge is 0.418 e. The van der Waals surface area contributed by atoms with E-state index in [1.54, 1.807) is 0 Å². The van der Waals surface area contributed by atoms with Crippen LogP contribution in [0.25, 0.3) is 0 Å². The molecule has 1 radical (unpaired) electrons. The summed E-state index contributed by atoms with van der Waals surface area (Å²) in [6.07, 6.45) is -1.09. The van der Waals surface area contributed by atoms with Crippen LogP contribution >= 0.6 is 0 Å². The van der Waals surface area contributed by atoms with Gasteiger partial charge in [0.15, 0.2) is 0 Å². The van der Waals surface area contributed by atoms with Gasteiger partial charge in [-0.2, -0.15) is 0 Å². The molecule has 0 bridgehead atoms. The first-order chi connectivity index (χ1) is 10.5. The van der Waals surface area contributed by atoms with Gasteiger partial charge in [0, 0.05) is 19.3 Å². The predicted molar refractivity (Wildman–Crippen MR) is 77.6 cm³/mol. The van der Waals surface area contributed by atoms with E-state index in [0.717, 1.165) is 5.56 Å². The molecule has 2 atom stereocenters. The number of hydrogen-bond acceptors (Lipinski definition) is 6. The second-order valence-corrected chi connectivity index (χ2v) is 4.76. The average molecular weight is 307 g/mol. The van der Waals surface area contributed by atoms with Gasteiger partial charge in [0.1, 0.15) is 0 Å². The van der Waals surface area contributed by atoms with Crippen molar-refractivity contribution in [1.29, 1.82) is 0 Å². The molecule has 1 aromatic rings. The molecule has 1 aromatic carbocycles. The summed E-state index contributed by atoms with van der Waals surface area (Å²) in [6, 6.07) is 9.58. The Bertz CT molecular complexity index is 485. The zero-order chi connectivity index (χ0) is 16.4. The van der Waals surface area contributed by atoms with E-state index in [1.807, 2.05) is 37.3 Å². The Hall–Kier alpha value is -2.37. The molecule has 0 aliphatic carbocycles. The van der Waals surface area contributed by atoms with E-state index < -0.39 is 18.0 Å². The maximum absolute atomic E-state index is 11.9. The molecule has 2 unspecified atom stereocenters. The first kappa shape index (κ1) is 17.7. The fourth-order valence-electron chi connectivity index (χ4n) is 1.77. The highest BCUT2D eigenvalue weighted by Crippen LogP contribution is 2.15. The monoisotopic (exact) mass is 307 g/mol. The van der Waals surface area contributed by atoms with Gasteiger partial charge in [0.05, 0.1) is 13.2 Å². The molecule has 0 aromatic heterocycles. The van der Waals surface area contributed by atoms with Crippen LogP contribution in [0, 0.1) is 0 Å². The van der Waals surface area contributed by atoms with Crippen LogP contribution < -0.4 is 0 Å². The molecule has 0 spiro atoms. The topological polar surface area (TPSA) is 78.9 Å². The van der Waals surface area contributed by atoms with E-state index >= 15 is 0 Å². The van der Waals surface area contributed by atoms with Crippen LogP contribution in [0.15, 0.2) is 30.3 Å². The van der Waals surface area contributed by atoms with Crippen molar-refractivity contribution in [2.45, 2.75) is 32.3 Å². The third-order valence-corrected chi connectivity index (χ3v) is 2.98. The SMILES string of the molecule is CC(=O)OCCC(O[C]=O)C(=O)OCC(C)c1ccccc1. The van der Waals surface area contributed by atoms with Crippen molar-refractivity contribution in [3.63, 3.8) is 0 Å². The first-order valence-electron chi connectivity index (χ1n) is 6.92. The molecule has 1 rings (SSSR count). The van der Waals surface area contributed by atoms with Crippen LogP contribution in [-0.2, 0) is 28.6 Å². The molecule has 119 valence electrons. The quantitative estimate of drug-likeness (QED) is 0.511. The van der Waals surface area contributed by atoms with E-state index in [2.05, 4.69) is 4.74 Å². The molecule has 0 fully saturated rings.